The lowest BCUT2D eigenvalue weighted by Gasteiger charge is -2.37. The fourth-order valence-electron chi connectivity index (χ4n) is 3.05. The second-order valence-corrected chi connectivity index (χ2v) is 6.60. The third-order valence-corrected chi connectivity index (χ3v) is 4.58. The number of methoxy groups -OCH3 is 1. The second kappa shape index (κ2) is 9.71. The van der Waals surface area contributed by atoms with Gasteiger partial charge in [0.05, 0.1) is 17.9 Å². The van der Waals surface area contributed by atoms with Crippen molar-refractivity contribution in [2.45, 2.75) is 6.92 Å². The maximum Gasteiger partial charge on any atom is 0.222 e. The summed E-state index contributed by atoms with van der Waals surface area (Å²) in [4.78, 5) is 17.0. The Labute approximate surface area is 170 Å². The summed E-state index contributed by atoms with van der Waals surface area (Å²) in [6.45, 7) is 5.92. The largest absolute Gasteiger partial charge is 0.383 e. The standard InChI is InChI=1S/C20H26N8O/c1-15-17(6-5-16-4-3-7-23-14-16)18(26-19(21)25-15)27-9-11-28(12-10-27)20(22)24-8-13-29-2/h3-4,7,14H,8-13H2,1-2H3,(H2,22,24)(H2,21,25,26). The molecule has 1 aliphatic rings. The van der Waals surface area contributed by atoms with Crippen LogP contribution in [0.3, 0.4) is 0 Å². The number of aromatic nitrogens is 3. The molecule has 29 heavy (non-hydrogen) atoms. The lowest BCUT2D eigenvalue weighted by atomic mass is 10.1. The molecule has 152 valence electrons. The van der Waals surface area contributed by atoms with Gasteiger partial charge in [-0.25, -0.2) is 4.98 Å². The van der Waals surface area contributed by atoms with Gasteiger partial charge in [-0.3, -0.25) is 10.4 Å². The van der Waals surface area contributed by atoms with Crippen LogP contribution < -0.4 is 16.0 Å². The number of hydrogen-bond donors (Lipinski definition) is 3. The first-order chi connectivity index (χ1) is 14.1. The van der Waals surface area contributed by atoms with Crippen molar-refractivity contribution in [2.24, 2.45) is 0 Å². The SMILES string of the molecule is COCCNC(=N)N1CCN(c2nc(N)nc(C)c2C#Cc2cccnc2)CC1. The fourth-order valence-corrected chi connectivity index (χ4v) is 3.05. The summed E-state index contributed by atoms with van der Waals surface area (Å²) in [5.41, 5.74) is 8.26. The molecule has 3 rings (SSSR count). The molecule has 0 radical (unpaired) electrons. The number of anilines is 2. The van der Waals surface area contributed by atoms with E-state index in [1.165, 1.54) is 0 Å². The molecule has 0 bridgehead atoms. The van der Waals surface area contributed by atoms with E-state index < -0.39 is 0 Å². The van der Waals surface area contributed by atoms with Crippen molar-refractivity contribution in [1.29, 1.82) is 5.41 Å². The lowest BCUT2D eigenvalue weighted by Crippen LogP contribution is -2.53. The molecular formula is C20H26N8O. The van der Waals surface area contributed by atoms with Crippen LogP contribution in [0.15, 0.2) is 24.5 Å². The Morgan fingerprint density at radius 3 is 2.76 bits per heavy atom. The van der Waals surface area contributed by atoms with Crippen LogP contribution in [0.25, 0.3) is 0 Å². The van der Waals surface area contributed by atoms with Crippen LogP contribution in [0.1, 0.15) is 16.8 Å². The molecule has 0 saturated carbocycles. The average molecular weight is 394 g/mol. The van der Waals surface area contributed by atoms with Crippen molar-refractivity contribution in [3.63, 3.8) is 0 Å². The Bertz CT molecular complexity index is 898. The van der Waals surface area contributed by atoms with Crippen molar-refractivity contribution in [1.82, 2.24) is 25.2 Å². The third-order valence-electron chi connectivity index (χ3n) is 4.58. The molecule has 1 saturated heterocycles. The van der Waals surface area contributed by atoms with E-state index in [2.05, 4.69) is 37.0 Å². The highest BCUT2D eigenvalue weighted by Gasteiger charge is 2.23. The van der Waals surface area contributed by atoms with Gasteiger partial charge in [-0.15, -0.1) is 0 Å². The van der Waals surface area contributed by atoms with E-state index >= 15 is 0 Å². The van der Waals surface area contributed by atoms with E-state index in [0.29, 0.717) is 45.3 Å². The quantitative estimate of drug-likeness (QED) is 0.296. The highest BCUT2D eigenvalue weighted by molar-refractivity contribution is 5.77. The van der Waals surface area contributed by atoms with Gasteiger partial charge < -0.3 is 25.6 Å². The highest BCUT2D eigenvalue weighted by atomic mass is 16.5. The first-order valence-electron chi connectivity index (χ1n) is 9.46. The summed E-state index contributed by atoms with van der Waals surface area (Å²) in [7, 11) is 1.65. The molecule has 0 unspecified atom stereocenters. The number of guanidine groups is 1. The Kier molecular flexibility index (Phi) is 6.81. The van der Waals surface area contributed by atoms with Crippen LogP contribution >= 0.6 is 0 Å². The van der Waals surface area contributed by atoms with Crippen LogP contribution in [0.4, 0.5) is 11.8 Å². The van der Waals surface area contributed by atoms with Gasteiger partial charge in [0.2, 0.25) is 5.95 Å². The predicted molar refractivity (Wildman–Crippen MR) is 113 cm³/mol. The van der Waals surface area contributed by atoms with Crippen LogP contribution in [0, 0.1) is 24.2 Å². The van der Waals surface area contributed by atoms with Crippen LogP contribution in [0.2, 0.25) is 0 Å². The molecule has 3 heterocycles. The molecular weight excluding hydrogens is 368 g/mol. The van der Waals surface area contributed by atoms with Crippen molar-refractivity contribution < 1.29 is 4.74 Å². The Balaban J connectivity index is 1.74. The minimum Gasteiger partial charge on any atom is -0.383 e. The fraction of sp³-hybridized carbons (Fsp3) is 0.400. The number of aryl methyl sites for hydroxylation is 1. The van der Waals surface area contributed by atoms with E-state index in [9.17, 15) is 0 Å². The summed E-state index contributed by atoms with van der Waals surface area (Å²) >= 11 is 0. The van der Waals surface area contributed by atoms with Gasteiger partial charge in [0, 0.05) is 57.8 Å². The first-order valence-corrected chi connectivity index (χ1v) is 9.46. The zero-order valence-corrected chi connectivity index (χ0v) is 16.8. The second-order valence-electron chi connectivity index (χ2n) is 6.60. The summed E-state index contributed by atoms with van der Waals surface area (Å²) in [5.74, 6) is 7.72. The molecule has 1 aliphatic heterocycles. The van der Waals surface area contributed by atoms with Gasteiger partial charge in [-0.05, 0) is 19.1 Å². The zero-order chi connectivity index (χ0) is 20.6. The number of hydrogen-bond acceptors (Lipinski definition) is 7. The molecule has 0 amide bonds. The van der Waals surface area contributed by atoms with Crippen molar-refractivity contribution >= 4 is 17.7 Å². The van der Waals surface area contributed by atoms with Gasteiger partial charge >= 0.3 is 0 Å². The zero-order valence-electron chi connectivity index (χ0n) is 16.8. The van der Waals surface area contributed by atoms with Crippen LogP contribution in [0.5, 0.6) is 0 Å². The van der Waals surface area contributed by atoms with Crippen molar-refractivity contribution in [3.05, 3.63) is 41.3 Å². The van der Waals surface area contributed by atoms with E-state index in [1.807, 2.05) is 24.0 Å². The normalized spacial score (nSPS) is 13.6. The van der Waals surface area contributed by atoms with Gasteiger partial charge in [-0.2, -0.15) is 4.98 Å². The first kappa shape index (κ1) is 20.4. The number of pyridine rings is 1. The molecule has 4 N–H and O–H groups in total. The molecule has 0 spiro atoms. The Hall–Kier alpha value is -3.38. The number of nitrogen functional groups attached to an aromatic ring is 1. The minimum atomic E-state index is 0.237. The average Bonchev–Trinajstić information content (AvgIpc) is 2.73. The monoisotopic (exact) mass is 394 g/mol. The maximum atomic E-state index is 8.17. The summed E-state index contributed by atoms with van der Waals surface area (Å²) in [5, 5.41) is 11.2. The maximum absolute atomic E-state index is 8.17. The van der Waals surface area contributed by atoms with Gasteiger partial charge in [-0.1, -0.05) is 11.8 Å². The number of nitrogens with one attached hydrogen (secondary N) is 2. The van der Waals surface area contributed by atoms with Crippen LogP contribution in [-0.4, -0.2) is 72.3 Å². The molecule has 1 fully saturated rings. The van der Waals surface area contributed by atoms with Crippen molar-refractivity contribution in [3.8, 4) is 11.8 Å². The summed E-state index contributed by atoms with van der Waals surface area (Å²) in [6, 6.07) is 3.76. The molecule has 2 aromatic heterocycles. The topological polar surface area (TPSA) is 116 Å². The number of nitrogens with zero attached hydrogens (tertiary/aromatic N) is 5. The highest BCUT2D eigenvalue weighted by Crippen LogP contribution is 2.22. The molecule has 0 aliphatic carbocycles. The summed E-state index contributed by atoms with van der Waals surface area (Å²) < 4.78 is 5.02. The minimum absolute atomic E-state index is 0.237. The lowest BCUT2D eigenvalue weighted by molar-refractivity contribution is 0.202. The van der Waals surface area contributed by atoms with Gasteiger partial charge in [0.1, 0.15) is 5.82 Å². The molecule has 0 atom stereocenters. The number of nitrogens with two attached hydrogens (primary N) is 1. The van der Waals surface area contributed by atoms with E-state index in [0.717, 1.165) is 22.6 Å². The molecule has 0 aromatic carbocycles. The van der Waals surface area contributed by atoms with Gasteiger partial charge in [0.25, 0.3) is 0 Å². The van der Waals surface area contributed by atoms with E-state index in [4.69, 9.17) is 15.9 Å². The molecule has 2 aromatic rings. The van der Waals surface area contributed by atoms with Crippen molar-refractivity contribution in [2.75, 3.05) is 57.1 Å². The Morgan fingerprint density at radius 2 is 2.07 bits per heavy atom. The third kappa shape index (κ3) is 5.33. The molecule has 9 heteroatoms. The number of ether oxygens (including phenoxy) is 1. The van der Waals surface area contributed by atoms with Crippen LogP contribution in [-0.2, 0) is 4.74 Å². The number of piperazine rings is 1. The summed E-state index contributed by atoms with van der Waals surface area (Å²) in [6.07, 6.45) is 3.44. The smallest absolute Gasteiger partial charge is 0.222 e. The van der Waals surface area contributed by atoms with E-state index in [1.54, 1.807) is 19.5 Å². The number of rotatable bonds is 4. The van der Waals surface area contributed by atoms with E-state index in [-0.39, 0.29) is 5.95 Å². The van der Waals surface area contributed by atoms with Gasteiger partial charge in [0.15, 0.2) is 5.96 Å². The Morgan fingerprint density at radius 1 is 1.28 bits per heavy atom. The molecule has 9 nitrogen and oxygen atoms in total. The predicted octanol–water partition coefficient (Wildman–Crippen LogP) is 0.455.